The molecule has 0 spiro atoms. The Kier molecular flexibility index (Phi) is 3.40. The molecule has 0 unspecified atom stereocenters. The number of hydrogen-bond donors (Lipinski definition) is 1. The van der Waals surface area contributed by atoms with Crippen molar-refractivity contribution in [3.63, 3.8) is 0 Å². The minimum Gasteiger partial charge on any atom is -0.545 e. The molecule has 1 N–H and O–H groups in total. The third-order valence-electron chi connectivity index (χ3n) is 2.88. The van der Waals surface area contributed by atoms with E-state index in [2.05, 4.69) is 10.2 Å². The predicted molar refractivity (Wildman–Crippen MR) is 69.1 cm³/mol. The number of benzene rings is 1. The Morgan fingerprint density at radius 3 is 2.68 bits per heavy atom. The number of aryl methyl sites for hydroxylation is 1. The second-order valence-electron chi connectivity index (χ2n) is 4.12. The number of H-pyrrole nitrogens is 1. The average Bonchev–Trinajstić information content (AvgIpc) is 2.36. The van der Waals surface area contributed by atoms with E-state index < -0.39 is 5.97 Å². The number of carboxylic acids is 1. The summed E-state index contributed by atoms with van der Waals surface area (Å²) in [5.74, 6) is -1.36. The molecule has 0 saturated heterocycles. The fraction of sp³-hybridized carbons (Fsp3) is 0.154. The highest BCUT2D eigenvalue weighted by Crippen LogP contribution is 2.27. The molecule has 5 nitrogen and oxygen atoms in total. The fourth-order valence-electron chi connectivity index (χ4n) is 1.92. The molecule has 2 rings (SSSR count). The number of aromatic nitrogens is 2. The van der Waals surface area contributed by atoms with Crippen LogP contribution in [-0.2, 0) is 0 Å². The van der Waals surface area contributed by atoms with Crippen LogP contribution < -0.4 is 10.7 Å². The fourth-order valence-corrected chi connectivity index (χ4v) is 2.12. The predicted octanol–water partition coefficient (Wildman–Crippen LogP) is 1.07. The minimum absolute atomic E-state index is 0.0943. The van der Waals surface area contributed by atoms with Crippen molar-refractivity contribution in [2.45, 2.75) is 13.8 Å². The van der Waals surface area contributed by atoms with Gasteiger partial charge in [-0.1, -0.05) is 17.7 Å². The van der Waals surface area contributed by atoms with E-state index in [1.165, 1.54) is 12.1 Å². The summed E-state index contributed by atoms with van der Waals surface area (Å²) in [5, 5.41) is 17.3. The first-order valence-corrected chi connectivity index (χ1v) is 5.86. The number of carbonyl (C=O) groups excluding carboxylic acids is 1. The Hall–Kier alpha value is -2.14. The summed E-state index contributed by atoms with van der Waals surface area (Å²) in [7, 11) is 0. The number of rotatable bonds is 2. The summed E-state index contributed by atoms with van der Waals surface area (Å²) in [6.45, 7) is 3.38. The van der Waals surface area contributed by atoms with Crippen molar-refractivity contribution in [2.24, 2.45) is 0 Å². The molecule has 0 amide bonds. The largest absolute Gasteiger partial charge is 0.545 e. The lowest BCUT2D eigenvalue weighted by atomic mass is 9.99. The third-order valence-corrected chi connectivity index (χ3v) is 3.21. The zero-order chi connectivity index (χ0) is 14.2. The molecule has 0 aliphatic carbocycles. The standard InChI is InChI=1S/C13H11ClN2O3/c1-6-11(7(2)15-16-12(6)17)8-3-4-10(14)9(5-8)13(18)19/h3-5H,1-2H3,(H,16,17)(H,18,19)/p-1. The molecule has 0 aliphatic heterocycles. The van der Waals surface area contributed by atoms with Gasteiger partial charge in [-0.05, 0) is 31.5 Å². The van der Waals surface area contributed by atoms with E-state index >= 15 is 0 Å². The lowest BCUT2D eigenvalue weighted by molar-refractivity contribution is -0.255. The van der Waals surface area contributed by atoms with Crippen molar-refractivity contribution in [1.29, 1.82) is 0 Å². The van der Waals surface area contributed by atoms with Gasteiger partial charge in [0.2, 0.25) is 0 Å². The molecular formula is C13H10ClN2O3-. The molecule has 1 aromatic heterocycles. The normalized spacial score (nSPS) is 10.5. The van der Waals surface area contributed by atoms with Crippen LogP contribution in [0, 0.1) is 13.8 Å². The third kappa shape index (κ3) is 2.37. The van der Waals surface area contributed by atoms with Crippen LogP contribution in [0.3, 0.4) is 0 Å². The molecule has 0 aliphatic rings. The molecule has 0 fully saturated rings. The molecule has 98 valence electrons. The smallest absolute Gasteiger partial charge is 0.267 e. The van der Waals surface area contributed by atoms with E-state index in [4.69, 9.17) is 11.6 Å². The number of nitrogens with one attached hydrogen (secondary N) is 1. The van der Waals surface area contributed by atoms with Crippen molar-refractivity contribution < 1.29 is 9.90 Å². The number of aromatic amines is 1. The van der Waals surface area contributed by atoms with Gasteiger partial charge in [-0.3, -0.25) is 4.79 Å². The summed E-state index contributed by atoms with van der Waals surface area (Å²) in [6, 6.07) is 4.49. The number of nitrogens with zero attached hydrogens (tertiary/aromatic N) is 1. The first kappa shape index (κ1) is 13.3. The Bertz CT molecular complexity index is 722. The van der Waals surface area contributed by atoms with Crippen LogP contribution in [0.15, 0.2) is 23.0 Å². The monoisotopic (exact) mass is 277 g/mol. The van der Waals surface area contributed by atoms with Gasteiger partial charge in [-0.15, -0.1) is 0 Å². The molecule has 6 heteroatoms. The number of carboxylic acid groups (broad SMARTS) is 1. The molecular weight excluding hydrogens is 268 g/mol. The van der Waals surface area contributed by atoms with Gasteiger partial charge in [0.25, 0.3) is 5.56 Å². The van der Waals surface area contributed by atoms with Gasteiger partial charge < -0.3 is 9.90 Å². The average molecular weight is 278 g/mol. The second-order valence-corrected chi connectivity index (χ2v) is 4.53. The number of carbonyl (C=O) groups is 1. The maximum Gasteiger partial charge on any atom is 0.267 e. The van der Waals surface area contributed by atoms with Crippen LogP contribution in [0.5, 0.6) is 0 Å². The molecule has 0 saturated carbocycles. The lowest BCUT2D eigenvalue weighted by Crippen LogP contribution is -2.22. The van der Waals surface area contributed by atoms with Crippen molar-refractivity contribution >= 4 is 17.6 Å². The van der Waals surface area contributed by atoms with Crippen molar-refractivity contribution in [2.75, 3.05) is 0 Å². The zero-order valence-electron chi connectivity index (χ0n) is 10.3. The quantitative estimate of drug-likeness (QED) is 0.890. The van der Waals surface area contributed by atoms with Crippen LogP contribution in [-0.4, -0.2) is 16.2 Å². The van der Waals surface area contributed by atoms with Gasteiger partial charge >= 0.3 is 0 Å². The molecule has 0 atom stereocenters. The van der Waals surface area contributed by atoms with E-state index in [9.17, 15) is 14.7 Å². The van der Waals surface area contributed by atoms with Crippen LogP contribution in [0.25, 0.3) is 11.1 Å². The first-order valence-electron chi connectivity index (χ1n) is 5.49. The Balaban J connectivity index is 2.73. The van der Waals surface area contributed by atoms with E-state index in [1.54, 1.807) is 19.9 Å². The van der Waals surface area contributed by atoms with E-state index in [1.807, 2.05) is 0 Å². The summed E-state index contributed by atoms with van der Waals surface area (Å²) in [4.78, 5) is 22.5. The molecule has 1 heterocycles. The van der Waals surface area contributed by atoms with E-state index in [-0.39, 0.29) is 16.1 Å². The van der Waals surface area contributed by atoms with Gasteiger partial charge in [0.15, 0.2) is 0 Å². The van der Waals surface area contributed by atoms with Gasteiger partial charge in [0, 0.05) is 21.7 Å². The zero-order valence-corrected chi connectivity index (χ0v) is 11.0. The van der Waals surface area contributed by atoms with E-state index in [0.29, 0.717) is 22.4 Å². The number of halogens is 1. The van der Waals surface area contributed by atoms with E-state index in [0.717, 1.165) is 0 Å². The van der Waals surface area contributed by atoms with Crippen LogP contribution in [0.2, 0.25) is 5.02 Å². The van der Waals surface area contributed by atoms with Gasteiger partial charge in [-0.25, -0.2) is 5.10 Å². The number of hydrogen-bond acceptors (Lipinski definition) is 4. The summed E-state index contributed by atoms with van der Waals surface area (Å²) < 4.78 is 0. The Morgan fingerprint density at radius 1 is 1.37 bits per heavy atom. The first-order chi connectivity index (χ1) is 8.91. The van der Waals surface area contributed by atoms with Crippen molar-refractivity contribution in [3.8, 4) is 11.1 Å². The van der Waals surface area contributed by atoms with Crippen LogP contribution in [0.4, 0.5) is 0 Å². The highest BCUT2D eigenvalue weighted by Gasteiger charge is 2.12. The SMILES string of the molecule is Cc1n[nH]c(=O)c(C)c1-c1ccc(Cl)c(C(=O)[O-])c1. The minimum atomic E-state index is -1.36. The summed E-state index contributed by atoms with van der Waals surface area (Å²) in [5.41, 5.74) is 1.81. The maximum absolute atomic E-state index is 11.6. The van der Waals surface area contributed by atoms with Crippen molar-refractivity contribution in [3.05, 3.63) is 50.4 Å². The van der Waals surface area contributed by atoms with Gasteiger partial charge in [0.05, 0.1) is 11.7 Å². The van der Waals surface area contributed by atoms with Gasteiger partial charge in [-0.2, -0.15) is 5.10 Å². The van der Waals surface area contributed by atoms with Crippen molar-refractivity contribution in [1.82, 2.24) is 10.2 Å². The second kappa shape index (κ2) is 4.85. The Labute approximate surface area is 113 Å². The van der Waals surface area contributed by atoms with Crippen LogP contribution >= 0.6 is 11.6 Å². The van der Waals surface area contributed by atoms with Gasteiger partial charge in [0.1, 0.15) is 0 Å². The lowest BCUT2D eigenvalue weighted by Gasteiger charge is -2.11. The molecule has 0 radical (unpaired) electrons. The molecule has 0 bridgehead atoms. The molecule has 1 aromatic carbocycles. The molecule has 2 aromatic rings. The highest BCUT2D eigenvalue weighted by molar-refractivity contribution is 6.33. The summed E-state index contributed by atoms with van der Waals surface area (Å²) >= 11 is 5.79. The van der Waals surface area contributed by atoms with Crippen LogP contribution in [0.1, 0.15) is 21.6 Å². The maximum atomic E-state index is 11.6. The Morgan fingerprint density at radius 2 is 2.05 bits per heavy atom. The summed E-state index contributed by atoms with van der Waals surface area (Å²) in [6.07, 6.45) is 0. The topological polar surface area (TPSA) is 85.9 Å². The highest BCUT2D eigenvalue weighted by atomic mass is 35.5. The number of aromatic carboxylic acids is 1. The molecule has 19 heavy (non-hydrogen) atoms.